The van der Waals surface area contributed by atoms with Crippen molar-refractivity contribution in [1.29, 1.82) is 0 Å². The first-order valence-corrected chi connectivity index (χ1v) is 6.53. The minimum absolute atomic E-state index is 0.101. The largest absolute Gasteiger partial charge is 0.394 e. The van der Waals surface area contributed by atoms with Crippen LogP contribution < -0.4 is 11.3 Å². The van der Waals surface area contributed by atoms with Crippen molar-refractivity contribution in [2.24, 2.45) is 0 Å². The predicted octanol–water partition coefficient (Wildman–Crippen LogP) is -2.17. The van der Waals surface area contributed by atoms with Crippen LogP contribution in [0.25, 0.3) is 11.5 Å². The number of ether oxygens (including phenoxy) is 1. The van der Waals surface area contributed by atoms with E-state index in [-0.39, 0.29) is 22.9 Å². The highest BCUT2D eigenvalue weighted by atomic mass is 16.6. The summed E-state index contributed by atoms with van der Waals surface area (Å²) >= 11 is 0. The SMILES string of the molecule is Nc1c(-c2nccc(=O)[nH]2)ncn1[C@@H]1O[C@@H](CO)[C@@H](O)[C@@H]1O. The first kappa shape index (κ1) is 14.7. The molecule has 0 saturated carbocycles. The van der Waals surface area contributed by atoms with Crippen molar-refractivity contribution < 1.29 is 20.1 Å². The maximum absolute atomic E-state index is 11.3. The van der Waals surface area contributed by atoms with Gasteiger partial charge in [-0.15, -0.1) is 0 Å². The zero-order valence-electron chi connectivity index (χ0n) is 11.3. The molecule has 1 aliphatic rings. The molecule has 0 spiro atoms. The molecule has 1 saturated heterocycles. The molecule has 4 atom stereocenters. The summed E-state index contributed by atoms with van der Waals surface area (Å²) in [4.78, 5) is 21.8. The van der Waals surface area contributed by atoms with Gasteiger partial charge in [-0.25, -0.2) is 9.97 Å². The number of nitrogen functional groups attached to an aromatic ring is 1. The molecule has 2 aromatic rings. The summed E-state index contributed by atoms with van der Waals surface area (Å²) < 4.78 is 6.69. The monoisotopic (exact) mass is 309 g/mol. The minimum Gasteiger partial charge on any atom is -0.394 e. The van der Waals surface area contributed by atoms with Crippen LogP contribution >= 0.6 is 0 Å². The third kappa shape index (κ3) is 2.27. The van der Waals surface area contributed by atoms with Crippen molar-refractivity contribution in [3.05, 3.63) is 28.9 Å². The normalized spacial score (nSPS) is 28.1. The Morgan fingerprint density at radius 3 is 2.77 bits per heavy atom. The zero-order valence-corrected chi connectivity index (χ0v) is 11.3. The Morgan fingerprint density at radius 1 is 1.36 bits per heavy atom. The van der Waals surface area contributed by atoms with Gasteiger partial charge in [-0.2, -0.15) is 0 Å². The van der Waals surface area contributed by atoms with Gasteiger partial charge in [0.15, 0.2) is 12.1 Å². The molecule has 0 amide bonds. The average molecular weight is 309 g/mol. The van der Waals surface area contributed by atoms with Crippen molar-refractivity contribution in [2.75, 3.05) is 12.3 Å². The molecule has 1 fully saturated rings. The lowest BCUT2D eigenvalue weighted by Crippen LogP contribution is -2.33. The van der Waals surface area contributed by atoms with Gasteiger partial charge in [0.2, 0.25) is 0 Å². The van der Waals surface area contributed by atoms with Gasteiger partial charge in [-0.3, -0.25) is 9.36 Å². The van der Waals surface area contributed by atoms with Gasteiger partial charge in [0, 0.05) is 12.3 Å². The molecule has 0 aliphatic carbocycles. The van der Waals surface area contributed by atoms with E-state index in [0.717, 1.165) is 0 Å². The van der Waals surface area contributed by atoms with Crippen molar-refractivity contribution >= 4 is 5.82 Å². The number of H-pyrrole nitrogens is 1. The van der Waals surface area contributed by atoms with Crippen molar-refractivity contribution in [3.8, 4) is 11.5 Å². The Balaban J connectivity index is 1.96. The number of hydrogen-bond acceptors (Lipinski definition) is 8. The fourth-order valence-corrected chi connectivity index (χ4v) is 2.36. The number of nitrogens with one attached hydrogen (secondary N) is 1. The van der Waals surface area contributed by atoms with E-state index in [4.69, 9.17) is 15.6 Å². The number of aromatic amines is 1. The first-order valence-electron chi connectivity index (χ1n) is 6.53. The number of nitrogens with two attached hydrogens (primary N) is 1. The lowest BCUT2D eigenvalue weighted by atomic mass is 10.1. The second kappa shape index (κ2) is 5.50. The fourth-order valence-electron chi connectivity index (χ4n) is 2.36. The Kier molecular flexibility index (Phi) is 3.66. The van der Waals surface area contributed by atoms with Crippen molar-refractivity contribution in [2.45, 2.75) is 24.5 Å². The molecule has 0 bridgehead atoms. The zero-order chi connectivity index (χ0) is 15.9. The van der Waals surface area contributed by atoms with E-state index in [2.05, 4.69) is 15.0 Å². The molecule has 1 aliphatic heterocycles. The molecule has 10 heteroatoms. The Hall–Kier alpha value is -2.27. The number of anilines is 1. The maximum Gasteiger partial charge on any atom is 0.251 e. The highest BCUT2D eigenvalue weighted by Gasteiger charge is 2.44. The van der Waals surface area contributed by atoms with Gasteiger partial charge in [0.1, 0.15) is 29.8 Å². The van der Waals surface area contributed by atoms with E-state index in [1.807, 2.05) is 0 Å². The van der Waals surface area contributed by atoms with Gasteiger partial charge in [-0.1, -0.05) is 0 Å². The number of rotatable bonds is 3. The number of aromatic nitrogens is 4. The molecular weight excluding hydrogens is 294 g/mol. The van der Waals surface area contributed by atoms with Crippen LogP contribution in [0.3, 0.4) is 0 Å². The van der Waals surface area contributed by atoms with Crippen molar-refractivity contribution in [3.63, 3.8) is 0 Å². The fraction of sp³-hybridized carbons (Fsp3) is 0.417. The number of aliphatic hydroxyl groups excluding tert-OH is 3. The second-order valence-electron chi connectivity index (χ2n) is 4.90. The van der Waals surface area contributed by atoms with Gasteiger partial charge in [0.25, 0.3) is 5.56 Å². The summed E-state index contributed by atoms with van der Waals surface area (Å²) in [5, 5.41) is 28.9. The number of hydrogen-bond donors (Lipinski definition) is 5. The topological polar surface area (TPSA) is 160 Å². The molecule has 0 radical (unpaired) electrons. The Labute approximate surface area is 123 Å². The third-order valence-corrected chi connectivity index (χ3v) is 3.52. The molecule has 3 heterocycles. The molecular formula is C12H15N5O5. The first-order chi connectivity index (χ1) is 10.5. The summed E-state index contributed by atoms with van der Waals surface area (Å²) in [5.41, 5.74) is 5.83. The molecule has 118 valence electrons. The van der Waals surface area contributed by atoms with Gasteiger partial charge < -0.3 is 30.8 Å². The van der Waals surface area contributed by atoms with Crippen LogP contribution in [-0.4, -0.2) is 59.8 Å². The summed E-state index contributed by atoms with van der Waals surface area (Å²) in [6.45, 7) is -0.441. The Morgan fingerprint density at radius 2 is 2.14 bits per heavy atom. The van der Waals surface area contributed by atoms with E-state index in [9.17, 15) is 15.0 Å². The smallest absolute Gasteiger partial charge is 0.251 e. The molecule has 22 heavy (non-hydrogen) atoms. The lowest BCUT2D eigenvalue weighted by Gasteiger charge is -2.17. The van der Waals surface area contributed by atoms with Crippen molar-refractivity contribution in [1.82, 2.24) is 19.5 Å². The van der Waals surface area contributed by atoms with Crippen LogP contribution in [-0.2, 0) is 4.74 Å². The Bertz CT molecular complexity index is 729. The molecule has 10 nitrogen and oxygen atoms in total. The quantitative estimate of drug-likeness (QED) is 0.428. The molecule has 0 aromatic carbocycles. The summed E-state index contributed by atoms with van der Waals surface area (Å²) in [6, 6.07) is 1.25. The van der Waals surface area contributed by atoms with Crippen LogP contribution in [0.4, 0.5) is 5.82 Å². The van der Waals surface area contributed by atoms with Crippen LogP contribution in [0.2, 0.25) is 0 Å². The third-order valence-electron chi connectivity index (χ3n) is 3.52. The standard InChI is InChI=1S/C12H15N5O5/c13-10-7(11-14-2-1-6(19)16-11)15-4-17(10)12-9(21)8(20)5(3-18)22-12/h1-2,4-5,8-9,12,18,20-21H,3,13H2,(H,14,16,19)/t5-,8+,9-,12+/m0/s1. The lowest BCUT2D eigenvalue weighted by molar-refractivity contribution is -0.0517. The highest BCUT2D eigenvalue weighted by Crippen LogP contribution is 2.33. The van der Waals surface area contributed by atoms with Crippen LogP contribution in [0.15, 0.2) is 23.4 Å². The summed E-state index contributed by atoms with van der Waals surface area (Å²) in [7, 11) is 0. The van der Waals surface area contributed by atoms with Gasteiger partial charge in [0.05, 0.1) is 12.9 Å². The van der Waals surface area contributed by atoms with Gasteiger partial charge >= 0.3 is 0 Å². The molecule has 2 aromatic heterocycles. The maximum atomic E-state index is 11.3. The van der Waals surface area contributed by atoms with Crippen LogP contribution in [0, 0.1) is 0 Å². The van der Waals surface area contributed by atoms with E-state index in [1.54, 1.807) is 0 Å². The van der Waals surface area contributed by atoms with E-state index < -0.39 is 31.1 Å². The molecule has 0 unspecified atom stereocenters. The van der Waals surface area contributed by atoms with E-state index in [1.165, 1.54) is 23.2 Å². The minimum atomic E-state index is -1.27. The number of nitrogens with zero attached hydrogens (tertiary/aromatic N) is 3. The van der Waals surface area contributed by atoms with Gasteiger partial charge in [-0.05, 0) is 0 Å². The number of imidazole rings is 1. The molecule has 3 rings (SSSR count). The second-order valence-corrected chi connectivity index (χ2v) is 4.90. The summed E-state index contributed by atoms with van der Waals surface area (Å²) in [6.07, 6.45) is -1.81. The number of aliphatic hydroxyl groups is 3. The van der Waals surface area contributed by atoms with Crippen LogP contribution in [0.5, 0.6) is 0 Å². The highest BCUT2D eigenvalue weighted by molar-refractivity contribution is 5.64. The average Bonchev–Trinajstić information content (AvgIpc) is 3.01. The van der Waals surface area contributed by atoms with E-state index in [0.29, 0.717) is 0 Å². The van der Waals surface area contributed by atoms with Crippen LogP contribution in [0.1, 0.15) is 6.23 Å². The predicted molar refractivity (Wildman–Crippen MR) is 73.5 cm³/mol. The molecule has 6 N–H and O–H groups in total. The van der Waals surface area contributed by atoms with E-state index >= 15 is 0 Å². The summed E-state index contributed by atoms with van der Waals surface area (Å²) in [5.74, 6) is 0.277.